The highest BCUT2D eigenvalue weighted by molar-refractivity contribution is 8.04. The van der Waals surface area contributed by atoms with E-state index in [2.05, 4.69) is 5.32 Å². The lowest BCUT2D eigenvalue weighted by atomic mass is 10.1. The molecule has 0 bridgehead atoms. The summed E-state index contributed by atoms with van der Waals surface area (Å²) < 4.78 is 0. The smallest absolute Gasteiger partial charge is 0.264 e. The Kier molecular flexibility index (Phi) is 6.44. The third-order valence-corrected chi connectivity index (χ3v) is 6.32. The second-order valence-corrected chi connectivity index (χ2v) is 8.72. The van der Waals surface area contributed by atoms with Crippen molar-refractivity contribution in [2.45, 2.75) is 11.3 Å². The van der Waals surface area contributed by atoms with E-state index in [9.17, 15) is 9.59 Å². The van der Waals surface area contributed by atoms with Crippen molar-refractivity contribution in [3.05, 3.63) is 99.4 Å². The van der Waals surface area contributed by atoms with E-state index >= 15 is 0 Å². The molecule has 0 aliphatic carbocycles. The topological polar surface area (TPSA) is 49.4 Å². The zero-order valence-corrected chi connectivity index (χ0v) is 18.5. The second-order valence-electron chi connectivity index (χ2n) is 7.20. The Bertz CT molecular complexity index is 1160. The van der Waals surface area contributed by atoms with Crippen LogP contribution in [-0.2, 0) is 11.2 Å². The first-order chi connectivity index (χ1) is 15.0. The number of rotatable bonds is 5. The zero-order valence-electron chi connectivity index (χ0n) is 17.0. The monoisotopic (exact) mass is 448 g/mol. The summed E-state index contributed by atoms with van der Waals surface area (Å²) in [6.45, 7) is 0.552. The number of halogens is 1. The average Bonchev–Trinajstić information content (AvgIpc) is 2.78. The number of nitrogens with zero attached hydrogens (tertiary/aromatic N) is 1. The Morgan fingerprint density at radius 3 is 2.65 bits per heavy atom. The molecule has 0 unspecified atom stereocenters. The van der Waals surface area contributed by atoms with Crippen molar-refractivity contribution in [1.82, 2.24) is 5.32 Å². The molecular formula is C25H21ClN2O2S. The van der Waals surface area contributed by atoms with Crippen LogP contribution in [0.3, 0.4) is 0 Å². The van der Waals surface area contributed by atoms with Gasteiger partial charge in [0.05, 0.1) is 10.6 Å². The first-order valence-electron chi connectivity index (χ1n) is 9.90. The Balaban J connectivity index is 1.48. The molecule has 1 N–H and O–H groups in total. The molecule has 1 heterocycles. The molecule has 31 heavy (non-hydrogen) atoms. The van der Waals surface area contributed by atoms with E-state index in [0.717, 1.165) is 22.6 Å². The summed E-state index contributed by atoms with van der Waals surface area (Å²) >= 11 is 7.46. The summed E-state index contributed by atoms with van der Waals surface area (Å²) in [5.41, 5.74) is 3.31. The van der Waals surface area contributed by atoms with Crippen molar-refractivity contribution in [1.29, 1.82) is 0 Å². The van der Waals surface area contributed by atoms with E-state index in [1.807, 2.05) is 60.7 Å². The third-order valence-electron chi connectivity index (χ3n) is 5.01. The molecule has 0 saturated heterocycles. The van der Waals surface area contributed by atoms with Crippen LogP contribution in [0.25, 0.3) is 6.08 Å². The molecule has 3 aromatic rings. The number of carbonyl (C=O) groups excluding carboxylic acids is 2. The predicted octanol–water partition coefficient (Wildman–Crippen LogP) is 5.42. The van der Waals surface area contributed by atoms with Crippen LogP contribution in [0.1, 0.15) is 21.5 Å². The van der Waals surface area contributed by atoms with Crippen molar-refractivity contribution in [2.75, 3.05) is 18.5 Å². The van der Waals surface area contributed by atoms with Gasteiger partial charge in [0.1, 0.15) is 0 Å². The summed E-state index contributed by atoms with van der Waals surface area (Å²) in [5.74, 6) is -0.260. The van der Waals surface area contributed by atoms with Crippen LogP contribution in [0.15, 0.2) is 82.6 Å². The van der Waals surface area contributed by atoms with Gasteiger partial charge in [-0.15, -0.1) is 0 Å². The lowest BCUT2D eigenvalue weighted by molar-refractivity contribution is -0.114. The highest BCUT2D eigenvalue weighted by Crippen LogP contribution is 2.42. The number of nitrogens with one attached hydrogen (secondary N) is 1. The van der Waals surface area contributed by atoms with Crippen LogP contribution in [-0.4, -0.2) is 25.4 Å². The van der Waals surface area contributed by atoms with E-state index in [0.29, 0.717) is 22.0 Å². The summed E-state index contributed by atoms with van der Waals surface area (Å²) in [4.78, 5) is 28.6. The fourth-order valence-corrected chi connectivity index (χ4v) is 4.64. The molecule has 1 aliphatic heterocycles. The highest BCUT2D eigenvalue weighted by Gasteiger charge is 2.27. The number of carbonyl (C=O) groups is 2. The van der Waals surface area contributed by atoms with Gasteiger partial charge in [-0.3, -0.25) is 9.59 Å². The summed E-state index contributed by atoms with van der Waals surface area (Å²) in [5, 5.41) is 3.58. The van der Waals surface area contributed by atoms with Gasteiger partial charge in [0.2, 0.25) is 0 Å². The van der Waals surface area contributed by atoms with Gasteiger partial charge >= 0.3 is 0 Å². The minimum Gasteiger partial charge on any atom is -0.352 e. The SMILES string of the molecule is CN1C(=O)C(=Cc2cccc(Cl)c2)Sc2ccc(C(=O)NCCc3ccccc3)cc21. The summed E-state index contributed by atoms with van der Waals surface area (Å²) in [6, 6.07) is 22.9. The van der Waals surface area contributed by atoms with E-state index in [1.165, 1.54) is 17.3 Å². The van der Waals surface area contributed by atoms with Crippen molar-refractivity contribution in [2.24, 2.45) is 0 Å². The lowest BCUT2D eigenvalue weighted by Gasteiger charge is -2.27. The van der Waals surface area contributed by atoms with Crippen molar-refractivity contribution in [3.8, 4) is 0 Å². The maximum Gasteiger partial charge on any atom is 0.264 e. The molecule has 4 rings (SSSR count). The quantitative estimate of drug-likeness (QED) is 0.530. The molecule has 0 aromatic heterocycles. The Morgan fingerprint density at radius 2 is 1.87 bits per heavy atom. The van der Waals surface area contributed by atoms with Crippen LogP contribution in [0.5, 0.6) is 0 Å². The van der Waals surface area contributed by atoms with Crippen LogP contribution >= 0.6 is 23.4 Å². The first-order valence-corrected chi connectivity index (χ1v) is 11.1. The Hall–Kier alpha value is -3.02. The van der Waals surface area contributed by atoms with Gasteiger partial charge in [-0.1, -0.05) is 65.8 Å². The fraction of sp³-hybridized carbons (Fsp3) is 0.120. The van der Waals surface area contributed by atoms with E-state index in [1.54, 1.807) is 30.1 Å². The predicted molar refractivity (Wildman–Crippen MR) is 128 cm³/mol. The normalized spacial score (nSPS) is 14.5. The van der Waals surface area contributed by atoms with E-state index in [4.69, 9.17) is 11.6 Å². The second kappa shape index (κ2) is 9.41. The van der Waals surface area contributed by atoms with Gasteiger partial charge in [-0.25, -0.2) is 0 Å². The summed E-state index contributed by atoms with van der Waals surface area (Å²) in [7, 11) is 1.73. The van der Waals surface area contributed by atoms with Crippen LogP contribution in [0.2, 0.25) is 5.02 Å². The number of hydrogen-bond donors (Lipinski definition) is 1. The summed E-state index contributed by atoms with van der Waals surface area (Å²) in [6.07, 6.45) is 2.60. The Labute approximate surface area is 190 Å². The average molecular weight is 449 g/mol. The minimum atomic E-state index is -0.148. The van der Waals surface area contributed by atoms with Crippen LogP contribution in [0.4, 0.5) is 5.69 Å². The number of hydrogen-bond acceptors (Lipinski definition) is 3. The molecule has 0 radical (unpaired) electrons. The maximum atomic E-state index is 12.9. The fourth-order valence-electron chi connectivity index (χ4n) is 3.35. The van der Waals surface area contributed by atoms with Crippen LogP contribution < -0.4 is 10.2 Å². The zero-order chi connectivity index (χ0) is 21.8. The van der Waals surface area contributed by atoms with Gasteiger partial charge < -0.3 is 10.2 Å². The lowest BCUT2D eigenvalue weighted by Crippen LogP contribution is -2.31. The molecule has 0 atom stereocenters. The first kappa shape index (κ1) is 21.2. The van der Waals surface area contributed by atoms with Gasteiger partial charge in [0, 0.05) is 29.1 Å². The standard InChI is InChI=1S/C25H21ClN2O2S/c1-28-21-16-19(24(29)27-13-12-17-6-3-2-4-7-17)10-11-22(21)31-23(25(28)30)15-18-8-5-9-20(26)14-18/h2-11,14-16H,12-13H2,1H3,(H,27,29). The molecule has 156 valence electrons. The van der Waals surface area contributed by atoms with Crippen LogP contribution in [0, 0.1) is 0 Å². The highest BCUT2D eigenvalue weighted by atomic mass is 35.5. The molecule has 6 heteroatoms. The number of thioether (sulfide) groups is 1. The molecule has 1 aliphatic rings. The third kappa shape index (κ3) is 5.01. The minimum absolute atomic E-state index is 0.112. The Morgan fingerprint density at radius 1 is 1.06 bits per heavy atom. The molecular weight excluding hydrogens is 428 g/mol. The largest absolute Gasteiger partial charge is 0.352 e. The number of benzene rings is 3. The molecule has 0 fully saturated rings. The van der Waals surface area contributed by atoms with Crippen molar-refractivity contribution >= 4 is 46.9 Å². The van der Waals surface area contributed by atoms with Gasteiger partial charge in [-0.2, -0.15) is 0 Å². The molecule has 0 spiro atoms. The molecule has 3 aromatic carbocycles. The number of anilines is 1. The van der Waals surface area contributed by atoms with Crippen molar-refractivity contribution in [3.63, 3.8) is 0 Å². The maximum absolute atomic E-state index is 12.9. The number of amides is 2. The molecule has 4 nitrogen and oxygen atoms in total. The van der Waals surface area contributed by atoms with Gasteiger partial charge in [-0.05, 0) is 54.0 Å². The number of fused-ring (bicyclic) bond motifs is 1. The van der Waals surface area contributed by atoms with Gasteiger partial charge in [0.15, 0.2) is 0 Å². The van der Waals surface area contributed by atoms with E-state index < -0.39 is 0 Å². The molecule has 0 saturated carbocycles. The molecule has 2 amide bonds. The van der Waals surface area contributed by atoms with Crippen molar-refractivity contribution < 1.29 is 9.59 Å². The van der Waals surface area contributed by atoms with Gasteiger partial charge in [0.25, 0.3) is 11.8 Å². The van der Waals surface area contributed by atoms with E-state index in [-0.39, 0.29) is 11.8 Å². The number of likely N-dealkylation sites (N-methyl/N-ethyl adjacent to an activating group) is 1.